The fourth-order valence-electron chi connectivity index (χ4n) is 1.79. The lowest BCUT2D eigenvalue weighted by atomic mass is 10.2. The number of aryl methyl sites for hydroxylation is 1. The Morgan fingerprint density at radius 1 is 1.15 bits per heavy atom. The van der Waals surface area contributed by atoms with Crippen molar-refractivity contribution < 1.29 is 9.47 Å². The molecule has 0 saturated heterocycles. The molecular weight excluding hydrogens is 278 g/mol. The summed E-state index contributed by atoms with van der Waals surface area (Å²) >= 11 is 6.27. The van der Waals surface area contributed by atoms with Crippen LogP contribution in [0.2, 0.25) is 0 Å². The third-order valence-corrected chi connectivity index (χ3v) is 3.13. The van der Waals surface area contributed by atoms with Gasteiger partial charge in [0.05, 0.1) is 20.8 Å². The molecule has 0 unspecified atom stereocenters. The number of hydrogen-bond acceptors (Lipinski definition) is 5. The minimum absolute atomic E-state index is 0.463. The van der Waals surface area contributed by atoms with Crippen LogP contribution in [0.15, 0.2) is 30.6 Å². The maximum absolute atomic E-state index is 6.27. The van der Waals surface area contributed by atoms with Crippen LogP contribution in [0.5, 0.6) is 11.5 Å². The number of aromatic nitrogens is 2. The summed E-state index contributed by atoms with van der Waals surface area (Å²) in [6.07, 6.45) is 1.49. The van der Waals surface area contributed by atoms with E-state index in [1.165, 1.54) is 10.7 Å². The number of methoxy groups -OCH3 is 2. The number of hydrogen-bond donors (Lipinski definition) is 0. The first-order valence-electron chi connectivity index (χ1n) is 6.07. The zero-order valence-electron chi connectivity index (χ0n) is 11.6. The van der Waals surface area contributed by atoms with Crippen LogP contribution < -0.4 is 13.9 Å². The third kappa shape index (κ3) is 3.30. The second-order valence-electron chi connectivity index (χ2n) is 4.22. The Morgan fingerprint density at radius 2 is 1.95 bits per heavy atom. The molecule has 0 bridgehead atoms. The zero-order valence-corrected chi connectivity index (χ0v) is 12.4. The lowest BCUT2D eigenvalue weighted by molar-refractivity contribution is 0.391. The molecule has 0 saturated carbocycles. The van der Waals surface area contributed by atoms with Gasteiger partial charge in [0.25, 0.3) is 0 Å². The van der Waals surface area contributed by atoms with Crippen LogP contribution in [0.1, 0.15) is 11.3 Å². The van der Waals surface area contributed by atoms with E-state index in [-0.39, 0.29) is 0 Å². The molecule has 5 nitrogen and oxygen atoms in total. The highest BCUT2D eigenvalue weighted by Crippen LogP contribution is 2.27. The van der Waals surface area contributed by atoms with Crippen molar-refractivity contribution in [1.82, 2.24) is 9.97 Å². The molecule has 1 heterocycles. The van der Waals surface area contributed by atoms with Crippen LogP contribution in [0.3, 0.4) is 0 Å². The Balaban J connectivity index is 2.21. The number of ether oxygens (including phenoxy) is 2. The van der Waals surface area contributed by atoms with Gasteiger partial charge >= 0.3 is 0 Å². The van der Waals surface area contributed by atoms with Gasteiger partial charge in [0, 0.05) is 35.2 Å². The van der Waals surface area contributed by atoms with E-state index in [1.54, 1.807) is 14.2 Å². The van der Waals surface area contributed by atoms with Crippen molar-refractivity contribution in [2.24, 2.45) is 0 Å². The Kier molecular flexibility index (Phi) is 4.63. The van der Waals surface area contributed by atoms with Crippen LogP contribution in [0.4, 0.5) is 5.82 Å². The number of nitrogens with zero attached hydrogens (tertiary/aromatic N) is 3. The van der Waals surface area contributed by atoms with Crippen molar-refractivity contribution >= 4 is 17.6 Å². The first-order valence-corrected chi connectivity index (χ1v) is 6.40. The number of halogens is 1. The summed E-state index contributed by atoms with van der Waals surface area (Å²) in [6.45, 7) is 2.36. The molecular formula is C14H16ClN3O2. The third-order valence-electron chi connectivity index (χ3n) is 2.84. The first-order chi connectivity index (χ1) is 9.63. The van der Waals surface area contributed by atoms with Gasteiger partial charge in [-0.1, -0.05) is 0 Å². The molecule has 2 rings (SSSR count). The highest BCUT2D eigenvalue weighted by Gasteiger charge is 2.11. The average molecular weight is 294 g/mol. The molecule has 1 aromatic heterocycles. The van der Waals surface area contributed by atoms with Crippen LogP contribution in [-0.4, -0.2) is 24.2 Å². The van der Waals surface area contributed by atoms with Gasteiger partial charge in [-0.3, -0.25) is 4.42 Å². The second-order valence-corrected chi connectivity index (χ2v) is 4.62. The Bertz CT molecular complexity index is 592. The summed E-state index contributed by atoms with van der Waals surface area (Å²) in [6, 6.07) is 7.43. The summed E-state index contributed by atoms with van der Waals surface area (Å²) in [7, 11) is 3.23. The number of benzene rings is 1. The number of anilines is 1. The molecule has 0 amide bonds. The van der Waals surface area contributed by atoms with Gasteiger partial charge in [-0.25, -0.2) is 9.97 Å². The maximum Gasteiger partial charge on any atom is 0.146 e. The average Bonchev–Trinajstić information content (AvgIpc) is 2.47. The SMILES string of the molecule is COc1ccc(CN(Cl)c2cc(C)ncn2)c(OC)c1. The molecule has 0 aliphatic heterocycles. The molecule has 0 N–H and O–H groups in total. The second kappa shape index (κ2) is 6.43. The maximum atomic E-state index is 6.27. The summed E-state index contributed by atoms with van der Waals surface area (Å²) < 4.78 is 12.0. The van der Waals surface area contributed by atoms with Gasteiger partial charge in [0.2, 0.25) is 0 Å². The normalized spacial score (nSPS) is 10.2. The molecule has 2 aromatic rings. The van der Waals surface area contributed by atoms with Crippen LogP contribution >= 0.6 is 11.8 Å². The van der Waals surface area contributed by atoms with Gasteiger partial charge < -0.3 is 9.47 Å². The predicted molar refractivity (Wildman–Crippen MR) is 78.4 cm³/mol. The molecule has 20 heavy (non-hydrogen) atoms. The minimum Gasteiger partial charge on any atom is -0.497 e. The lowest BCUT2D eigenvalue weighted by Crippen LogP contribution is -2.12. The van der Waals surface area contributed by atoms with Crippen LogP contribution in [-0.2, 0) is 6.54 Å². The van der Waals surface area contributed by atoms with E-state index < -0.39 is 0 Å². The van der Waals surface area contributed by atoms with Gasteiger partial charge in [0.15, 0.2) is 0 Å². The van der Waals surface area contributed by atoms with Crippen molar-refractivity contribution in [3.05, 3.63) is 41.9 Å². The fraction of sp³-hybridized carbons (Fsp3) is 0.286. The van der Waals surface area contributed by atoms with Crippen LogP contribution in [0, 0.1) is 6.92 Å². The zero-order chi connectivity index (χ0) is 14.5. The summed E-state index contributed by atoms with van der Waals surface area (Å²) in [5.41, 5.74) is 1.81. The van der Waals surface area contributed by atoms with E-state index in [9.17, 15) is 0 Å². The molecule has 0 spiro atoms. The van der Waals surface area contributed by atoms with Crippen molar-refractivity contribution in [2.75, 3.05) is 18.6 Å². The van der Waals surface area contributed by atoms with Gasteiger partial charge in [-0.2, -0.15) is 0 Å². The van der Waals surface area contributed by atoms with E-state index in [0.29, 0.717) is 12.4 Å². The van der Waals surface area contributed by atoms with E-state index in [4.69, 9.17) is 21.3 Å². The Hall–Kier alpha value is -2.01. The topological polar surface area (TPSA) is 47.5 Å². The van der Waals surface area contributed by atoms with Crippen molar-refractivity contribution in [3.8, 4) is 11.5 Å². The molecule has 0 aliphatic rings. The smallest absolute Gasteiger partial charge is 0.146 e. The largest absolute Gasteiger partial charge is 0.497 e. The van der Waals surface area contributed by atoms with Crippen molar-refractivity contribution in [3.63, 3.8) is 0 Å². The molecule has 0 radical (unpaired) electrons. The molecule has 106 valence electrons. The minimum atomic E-state index is 0.463. The predicted octanol–water partition coefficient (Wildman–Crippen LogP) is 2.96. The fourth-order valence-corrected chi connectivity index (χ4v) is 2.01. The molecule has 6 heteroatoms. The molecule has 0 fully saturated rings. The highest BCUT2D eigenvalue weighted by atomic mass is 35.5. The molecule has 0 aliphatic carbocycles. The Morgan fingerprint density at radius 3 is 2.60 bits per heavy atom. The first kappa shape index (κ1) is 14.4. The van der Waals surface area contributed by atoms with Gasteiger partial charge in [-0.15, -0.1) is 0 Å². The summed E-state index contributed by atoms with van der Waals surface area (Å²) in [5, 5.41) is 0. The van der Waals surface area contributed by atoms with Gasteiger partial charge in [-0.05, 0) is 19.1 Å². The quantitative estimate of drug-likeness (QED) is 0.793. The summed E-state index contributed by atoms with van der Waals surface area (Å²) in [4.78, 5) is 8.19. The molecule has 0 atom stereocenters. The van der Waals surface area contributed by atoms with Crippen molar-refractivity contribution in [2.45, 2.75) is 13.5 Å². The monoisotopic (exact) mass is 293 g/mol. The summed E-state index contributed by atoms with van der Waals surface area (Å²) in [5.74, 6) is 2.11. The lowest BCUT2D eigenvalue weighted by Gasteiger charge is -2.17. The van der Waals surface area contributed by atoms with E-state index in [1.807, 2.05) is 31.2 Å². The molecule has 1 aromatic carbocycles. The Labute approximate surface area is 123 Å². The van der Waals surface area contributed by atoms with E-state index in [2.05, 4.69) is 9.97 Å². The van der Waals surface area contributed by atoms with Crippen LogP contribution in [0.25, 0.3) is 0 Å². The van der Waals surface area contributed by atoms with E-state index in [0.717, 1.165) is 22.8 Å². The highest BCUT2D eigenvalue weighted by molar-refractivity contribution is 6.25. The van der Waals surface area contributed by atoms with Crippen molar-refractivity contribution in [1.29, 1.82) is 0 Å². The van der Waals surface area contributed by atoms with E-state index >= 15 is 0 Å². The number of rotatable bonds is 5. The standard InChI is InChI=1S/C14H16ClN3O2/c1-10-6-14(17-9-16-10)18(15)8-11-4-5-12(19-2)7-13(11)20-3/h4-7,9H,8H2,1-3H3. The van der Waals surface area contributed by atoms with Gasteiger partial charge in [0.1, 0.15) is 23.6 Å².